The van der Waals surface area contributed by atoms with Gasteiger partial charge in [0.25, 0.3) is 5.91 Å². The third-order valence-electron chi connectivity index (χ3n) is 5.01. The highest BCUT2D eigenvalue weighted by molar-refractivity contribution is 7.91. The van der Waals surface area contributed by atoms with Crippen molar-refractivity contribution in [3.8, 4) is 0 Å². The first-order valence-electron chi connectivity index (χ1n) is 9.23. The molecule has 0 aromatic heterocycles. The molecule has 5 nitrogen and oxygen atoms in total. The molecule has 0 aliphatic carbocycles. The van der Waals surface area contributed by atoms with E-state index < -0.39 is 15.7 Å². The number of ketones is 1. The monoisotopic (exact) mass is 405 g/mol. The molecule has 0 unspecified atom stereocenters. The van der Waals surface area contributed by atoms with E-state index >= 15 is 0 Å². The average Bonchev–Trinajstić information content (AvgIpc) is 2.72. The second-order valence-corrected chi connectivity index (χ2v) is 9.16. The van der Waals surface area contributed by atoms with E-state index in [1.165, 1.54) is 30.3 Å². The minimum atomic E-state index is -3.88. The molecule has 1 heterocycles. The minimum absolute atomic E-state index is 0.0281. The van der Waals surface area contributed by atoms with Crippen LogP contribution in [0.5, 0.6) is 0 Å². The van der Waals surface area contributed by atoms with E-state index in [0.717, 1.165) is 5.56 Å². The molecule has 0 spiro atoms. The predicted molar refractivity (Wildman–Crippen MR) is 110 cm³/mol. The summed E-state index contributed by atoms with van der Waals surface area (Å²) >= 11 is 0. The normalized spacial score (nSPS) is 14.2. The Labute approximate surface area is 169 Å². The molecular weight excluding hydrogens is 386 g/mol. The highest BCUT2D eigenvalue weighted by atomic mass is 32.2. The third-order valence-corrected chi connectivity index (χ3v) is 6.86. The molecule has 1 aliphatic heterocycles. The van der Waals surface area contributed by atoms with Gasteiger partial charge < -0.3 is 5.32 Å². The lowest BCUT2D eigenvalue weighted by Gasteiger charge is -2.19. The number of rotatable bonds is 3. The standard InChI is InChI=1S/C23H19NO4S/c1-14(2)15-6-5-7-17(12-15)24-23(26)16-10-11-19-21(13-16)29(27,28)20-9-4-3-8-18(20)22(19)25/h3-14H,1-2H3,(H,24,26). The van der Waals surface area contributed by atoms with Crippen molar-refractivity contribution < 1.29 is 18.0 Å². The largest absolute Gasteiger partial charge is 0.322 e. The highest BCUT2D eigenvalue weighted by Gasteiger charge is 2.35. The van der Waals surface area contributed by atoms with Crippen LogP contribution in [0.4, 0.5) is 5.69 Å². The number of sulfone groups is 1. The van der Waals surface area contributed by atoms with Crippen molar-refractivity contribution in [3.63, 3.8) is 0 Å². The van der Waals surface area contributed by atoms with E-state index in [0.29, 0.717) is 11.6 Å². The summed E-state index contributed by atoms with van der Waals surface area (Å²) in [6.45, 7) is 4.12. The number of amides is 1. The van der Waals surface area contributed by atoms with Gasteiger partial charge in [0.05, 0.1) is 9.79 Å². The van der Waals surface area contributed by atoms with Crippen LogP contribution in [0, 0.1) is 0 Å². The smallest absolute Gasteiger partial charge is 0.255 e. The van der Waals surface area contributed by atoms with Crippen molar-refractivity contribution in [3.05, 3.63) is 89.0 Å². The molecule has 146 valence electrons. The Hall–Kier alpha value is -3.25. The molecular formula is C23H19NO4S. The third kappa shape index (κ3) is 3.25. The quantitative estimate of drug-likeness (QED) is 0.546. The topological polar surface area (TPSA) is 80.3 Å². The molecule has 6 heteroatoms. The number of carbonyl (C=O) groups is 2. The number of carbonyl (C=O) groups excluding carboxylic acids is 2. The van der Waals surface area contributed by atoms with Gasteiger partial charge in [-0.1, -0.05) is 38.1 Å². The number of anilines is 1. The minimum Gasteiger partial charge on any atom is -0.322 e. The maximum absolute atomic E-state index is 13.0. The molecule has 1 N–H and O–H groups in total. The van der Waals surface area contributed by atoms with Gasteiger partial charge in [0, 0.05) is 22.4 Å². The van der Waals surface area contributed by atoms with Crippen molar-refractivity contribution >= 4 is 27.2 Å². The van der Waals surface area contributed by atoms with E-state index in [9.17, 15) is 18.0 Å². The number of nitrogens with one attached hydrogen (secondary N) is 1. The van der Waals surface area contributed by atoms with E-state index in [2.05, 4.69) is 19.2 Å². The van der Waals surface area contributed by atoms with Gasteiger partial charge in [-0.05, 0) is 53.9 Å². The van der Waals surface area contributed by atoms with Gasteiger partial charge in [-0.25, -0.2) is 8.42 Å². The average molecular weight is 405 g/mol. The molecule has 1 amide bonds. The summed E-state index contributed by atoms with van der Waals surface area (Å²) in [6, 6.07) is 17.8. The zero-order valence-electron chi connectivity index (χ0n) is 16.0. The van der Waals surface area contributed by atoms with Gasteiger partial charge in [0.1, 0.15) is 0 Å². The molecule has 0 atom stereocenters. The second-order valence-electron chi connectivity index (χ2n) is 7.27. The number of hydrogen-bond donors (Lipinski definition) is 1. The van der Waals surface area contributed by atoms with Crippen molar-refractivity contribution in [2.45, 2.75) is 29.6 Å². The lowest BCUT2D eigenvalue weighted by atomic mass is 10.0. The van der Waals surface area contributed by atoms with Crippen molar-refractivity contribution in [1.29, 1.82) is 0 Å². The maximum atomic E-state index is 13.0. The Morgan fingerprint density at radius 3 is 2.34 bits per heavy atom. The van der Waals surface area contributed by atoms with Crippen LogP contribution in [0.15, 0.2) is 76.5 Å². The highest BCUT2D eigenvalue weighted by Crippen LogP contribution is 2.34. The zero-order valence-corrected chi connectivity index (χ0v) is 16.8. The van der Waals surface area contributed by atoms with Crippen molar-refractivity contribution in [2.75, 3.05) is 5.32 Å². The summed E-state index contributed by atoms with van der Waals surface area (Å²) in [5, 5.41) is 2.80. The molecule has 3 aromatic rings. The Morgan fingerprint density at radius 2 is 1.59 bits per heavy atom. The van der Waals surface area contributed by atoms with E-state index in [-0.39, 0.29) is 32.3 Å². The fraction of sp³-hybridized carbons (Fsp3) is 0.130. The molecule has 1 aliphatic rings. The van der Waals surface area contributed by atoms with Crippen LogP contribution in [0.1, 0.15) is 51.6 Å². The van der Waals surface area contributed by atoms with Crippen LogP contribution < -0.4 is 5.32 Å². The Balaban J connectivity index is 1.72. The lowest BCUT2D eigenvalue weighted by Crippen LogP contribution is -2.21. The van der Waals surface area contributed by atoms with E-state index in [4.69, 9.17) is 0 Å². The van der Waals surface area contributed by atoms with E-state index in [1.807, 2.05) is 18.2 Å². The molecule has 0 bridgehead atoms. The van der Waals surface area contributed by atoms with Gasteiger partial charge in [-0.2, -0.15) is 0 Å². The molecule has 0 radical (unpaired) electrons. The van der Waals surface area contributed by atoms with Crippen LogP contribution in [0.3, 0.4) is 0 Å². The Bertz CT molecular complexity index is 1260. The summed E-state index contributed by atoms with van der Waals surface area (Å²) in [6.07, 6.45) is 0. The lowest BCUT2D eigenvalue weighted by molar-refractivity contribution is 0.101. The van der Waals surface area contributed by atoms with Gasteiger partial charge in [-0.15, -0.1) is 0 Å². The van der Waals surface area contributed by atoms with Crippen LogP contribution in [-0.4, -0.2) is 20.1 Å². The van der Waals surface area contributed by atoms with Gasteiger partial charge in [0.2, 0.25) is 9.84 Å². The Morgan fingerprint density at radius 1 is 0.862 bits per heavy atom. The fourth-order valence-electron chi connectivity index (χ4n) is 3.40. The zero-order chi connectivity index (χ0) is 20.8. The van der Waals surface area contributed by atoms with Crippen molar-refractivity contribution in [2.24, 2.45) is 0 Å². The predicted octanol–water partition coefficient (Wildman–Crippen LogP) is 4.44. The fourth-order valence-corrected chi connectivity index (χ4v) is 5.08. The molecule has 0 saturated heterocycles. The Kier molecular flexibility index (Phi) is 4.59. The van der Waals surface area contributed by atoms with Gasteiger partial charge in [-0.3, -0.25) is 9.59 Å². The maximum Gasteiger partial charge on any atom is 0.255 e. The van der Waals surface area contributed by atoms with Crippen LogP contribution in [0.25, 0.3) is 0 Å². The van der Waals surface area contributed by atoms with Gasteiger partial charge >= 0.3 is 0 Å². The van der Waals surface area contributed by atoms with E-state index in [1.54, 1.807) is 18.2 Å². The number of benzene rings is 3. The second kappa shape index (κ2) is 6.97. The summed E-state index contributed by atoms with van der Waals surface area (Å²) in [4.78, 5) is 25.3. The molecule has 4 rings (SSSR count). The number of hydrogen-bond acceptors (Lipinski definition) is 4. The van der Waals surface area contributed by atoms with Crippen LogP contribution in [-0.2, 0) is 9.84 Å². The van der Waals surface area contributed by atoms with Crippen LogP contribution >= 0.6 is 0 Å². The summed E-state index contributed by atoms with van der Waals surface area (Å²) in [7, 11) is -3.88. The molecule has 29 heavy (non-hydrogen) atoms. The molecule has 0 fully saturated rings. The summed E-state index contributed by atoms with van der Waals surface area (Å²) in [5.41, 5.74) is 2.13. The summed E-state index contributed by atoms with van der Waals surface area (Å²) < 4.78 is 26.0. The van der Waals surface area contributed by atoms with Crippen LogP contribution in [0.2, 0.25) is 0 Å². The molecule has 3 aromatic carbocycles. The summed E-state index contributed by atoms with van der Waals surface area (Å²) in [5.74, 6) is -0.482. The first-order chi connectivity index (χ1) is 13.8. The number of fused-ring (bicyclic) bond motifs is 2. The first kappa shape index (κ1) is 19.1. The first-order valence-corrected chi connectivity index (χ1v) is 10.7. The molecule has 0 saturated carbocycles. The van der Waals surface area contributed by atoms with Gasteiger partial charge in [0.15, 0.2) is 5.78 Å². The SMILES string of the molecule is CC(C)c1cccc(NC(=O)c2ccc3c(c2)S(=O)(=O)c2ccccc2C3=O)c1. The van der Waals surface area contributed by atoms with Crippen molar-refractivity contribution in [1.82, 2.24) is 0 Å².